The fraction of sp³-hybridized carbons (Fsp3) is 0.316. The van der Waals surface area contributed by atoms with Gasteiger partial charge in [0.15, 0.2) is 11.5 Å². The van der Waals surface area contributed by atoms with E-state index >= 15 is 0 Å². The second-order valence-electron chi connectivity index (χ2n) is 5.37. The summed E-state index contributed by atoms with van der Waals surface area (Å²) in [5.41, 5.74) is 3.07. The van der Waals surface area contributed by atoms with Crippen LogP contribution < -0.4 is 20.1 Å². The molecule has 0 spiro atoms. The van der Waals surface area contributed by atoms with E-state index in [1.54, 1.807) is 14.2 Å². The molecule has 2 aromatic carbocycles. The van der Waals surface area contributed by atoms with Gasteiger partial charge in [-0.2, -0.15) is 0 Å². The summed E-state index contributed by atoms with van der Waals surface area (Å²) in [6.07, 6.45) is 1.65. The number of urea groups is 1. The van der Waals surface area contributed by atoms with Crippen molar-refractivity contribution in [3.8, 4) is 11.5 Å². The molecule has 0 fully saturated rings. The maximum atomic E-state index is 12.0. The van der Waals surface area contributed by atoms with Crippen LogP contribution in [0.1, 0.15) is 18.1 Å². The molecule has 0 aliphatic heterocycles. The molecular formula is C19H24N2O3. The lowest BCUT2D eigenvalue weighted by Crippen LogP contribution is -2.30. The predicted octanol–water partition coefficient (Wildman–Crippen LogP) is 3.63. The van der Waals surface area contributed by atoms with Gasteiger partial charge in [-0.3, -0.25) is 0 Å². The monoisotopic (exact) mass is 328 g/mol. The summed E-state index contributed by atoms with van der Waals surface area (Å²) in [4.78, 5) is 12.0. The highest BCUT2D eigenvalue weighted by atomic mass is 16.5. The van der Waals surface area contributed by atoms with Gasteiger partial charge in [0.2, 0.25) is 0 Å². The first kappa shape index (κ1) is 17.7. The van der Waals surface area contributed by atoms with Crippen LogP contribution >= 0.6 is 0 Å². The van der Waals surface area contributed by atoms with Crippen LogP contribution in [-0.4, -0.2) is 26.8 Å². The van der Waals surface area contributed by atoms with Gasteiger partial charge in [-0.25, -0.2) is 4.79 Å². The zero-order valence-electron chi connectivity index (χ0n) is 14.4. The minimum Gasteiger partial charge on any atom is -0.493 e. The van der Waals surface area contributed by atoms with Crippen molar-refractivity contribution < 1.29 is 14.3 Å². The molecule has 0 atom stereocenters. The maximum absolute atomic E-state index is 12.0. The fourth-order valence-electron chi connectivity index (χ4n) is 2.40. The molecule has 5 heteroatoms. The van der Waals surface area contributed by atoms with Crippen molar-refractivity contribution in [2.45, 2.75) is 19.8 Å². The van der Waals surface area contributed by atoms with E-state index in [0.717, 1.165) is 17.7 Å². The first-order valence-corrected chi connectivity index (χ1v) is 8.01. The number of carbonyl (C=O) groups is 1. The van der Waals surface area contributed by atoms with E-state index in [1.807, 2.05) is 42.5 Å². The van der Waals surface area contributed by atoms with Crippen LogP contribution in [-0.2, 0) is 12.8 Å². The molecule has 0 bridgehead atoms. The van der Waals surface area contributed by atoms with Crippen molar-refractivity contribution in [1.82, 2.24) is 5.32 Å². The quantitative estimate of drug-likeness (QED) is 0.816. The Morgan fingerprint density at radius 2 is 1.79 bits per heavy atom. The molecule has 0 aromatic heterocycles. The van der Waals surface area contributed by atoms with E-state index in [1.165, 1.54) is 5.56 Å². The Labute approximate surface area is 143 Å². The summed E-state index contributed by atoms with van der Waals surface area (Å²) in [6.45, 7) is 2.62. The van der Waals surface area contributed by atoms with E-state index < -0.39 is 0 Å². The maximum Gasteiger partial charge on any atom is 0.319 e. The van der Waals surface area contributed by atoms with Crippen molar-refractivity contribution in [3.05, 3.63) is 53.6 Å². The van der Waals surface area contributed by atoms with Gasteiger partial charge in [0.25, 0.3) is 0 Å². The van der Waals surface area contributed by atoms with Crippen LogP contribution in [0.3, 0.4) is 0 Å². The highest BCUT2D eigenvalue weighted by Gasteiger charge is 2.06. The molecule has 5 nitrogen and oxygen atoms in total. The van der Waals surface area contributed by atoms with Gasteiger partial charge in [-0.1, -0.05) is 25.1 Å². The number of anilines is 1. The normalized spacial score (nSPS) is 10.1. The van der Waals surface area contributed by atoms with Crippen molar-refractivity contribution in [2.24, 2.45) is 0 Å². The topological polar surface area (TPSA) is 59.6 Å². The lowest BCUT2D eigenvalue weighted by Gasteiger charge is -2.11. The third-order valence-corrected chi connectivity index (χ3v) is 3.74. The van der Waals surface area contributed by atoms with Crippen LogP contribution in [0.25, 0.3) is 0 Å². The average molecular weight is 328 g/mol. The van der Waals surface area contributed by atoms with Crippen LogP contribution in [0.4, 0.5) is 10.5 Å². The Morgan fingerprint density at radius 3 is 2.50 bits per heavy atom. The van der Waals surface area contributed by atoms with E-state index in [9.17, 15) is 4.79 Å². The summed E-state index contributed by atoms with van der Waals surface area (Å²) >= 11 is 0. The van der Waals surface area contributed by atoms with Gasteiger partial charge < -0.3 is 20.1 Å². The molecular weight excluding hydrogens is 304 g/mol. The number of hydrogen-bond acceptors (Lipinski definition) is 3. The van der Waals surface area contributed by atoms with Gasteiger partial charge in [-0.15, -0.1) is 0 Å². The molecule has 2 rings (SSSR count). The second-order valence-corrected chi connectivity index (χ2v) is 5.37. The molecule has 0 aliphatic rings. The summed E-state index contributed by atoms with van der Waals surface area (Å²) in [6, 6.07) is 13.4. The van der Waals surface area contributed by atoms with Gasteiger partial charge in [0.1, 0.15) is 0 Å². The van der Waals surface area contributed by atoms with Crippen LogP contribution in [0.15, 0.2) is 42.5 Å². The van der Waals surface area contributed by atoms with Crippen LogP contribution in [0.5, 0.6) is 11.5 Å². The standard InChI is InChI=1S/C19H24N2O3/c1-4-14-6-5-7-16(12-14)21-19(22)20-11-10-15-8-9-17(23-2)18(13-15)24-3/h5-9,12-13H,4,10-11H2,1-3H3,(H2,20,21,22). The number of hydrogen-bond donors (Lipinski definition) is 2. The van der Waals surface area contributed by atoms with Crippen molar-refractivity contribution in [1.29, 1.82) is 0 Å². The van der Waals surface area contributed by atoms with Gasteiger partial charge in [0, 0.05) is 12.2 Å². The van der Waals surface area contributed by atoms with E-state index in [4.69, 9.17) is 9.47 Å². The van der Waals surface area contributed by atoms with E-state index in [2.05, 4.69) is 17.6 Å². The Bertz CT molecular complexity index is 686. The number of ether oxygens (including phenoxy) is 2. The lowest BCUT2D eigenvalue weighted by atomic mass is 10.1. The minimum absolute atomic E-state index is 0.205. The number of rotatable bonds is 7. The fourth-order valence-corrected chi connectivity index (χ4v) is 2.40. The third-order valence-electron chi connectivity index (χ3n) is 3.74. The van der Waals surface area contributed by atoms with Gasteiger partial charge >= 0.3 is 6.03 Å². The van der Waals surface area contributed by atoms with Gasteiger partial charge in [-0.05, 0) is 48.2 Å². The molecule has 0 saturated heterocycles. The zero-order chi connectivity index (χ0) is 17.4. The Hall–Kier alpha value is -2.69. The molecule has 0 heterocycles. The number of benzene rings is 2. The molecule has 0 aliphatic carbocycles. The average Bonchev–Trinajstić information content (AvgIpc) is 2.61. The predicted molar refractivity (Wildman–Crippen MR) is 96.1 cm³/mol. The summed E-state index contributed by atoms with van der Waals surface area (Å²) in [7, 11) is 3.22. The highest BCUT2D eigenvalue weighted by Crippen LogP contribution is 2.27. The molecule has 2 aromatic rings. The molecule has 2 amide bonds. The number of carbonyl (C=O) groups excluding carboxylic acids is 1. The Kier molecular flexibility index (Phi) is 6.49. The van der Waals surface area contributed by atoms with Crippen molar-refractivity contribution >= 4 is 11.7 Å². The summed E-state index contributed by atoms with van der Waals surface area (Å²) in [5.74, 6) is 1.39. The highest BCUT2D eigenvalue weighted by molar-refractivity contribution is 5.89. The minimum atomic E-state index is -0.205. The number of nitrogens with one attached hydrogen (secondary N) is 2. The Balaban J connectivity index is 1.84. The molecule has 0 saturated carbocycles. The third kappa shape index (κ3) is 4.91. The Morgan fingerprint density at radius 1 is 1.00 bits per heavy atom. The summed E-state index contributed by atoms with van der Waals surface area (Å²) in [5, 5.41) is 5.71. The summed E-state index contributed by atoms with van der Waals surface area (Å²) < 4.78 is 10.5. The largest absolute Gasteiger partial charge is 0.493 e. The van der Waals surface area contributed by atoms with E-state index in [-0.39, 0.29) is 6.03 Å². The zero-order valence-corrected chi connectivity index (χ0v) is 14.4. The SMILES string of the molecule is CCc1cccc(NC(=O)NCCc2ccc(OC)c(OC)c2)c1. The van der Waals surface area contributed by atoms with Crippen LogP contribution in [0, 0.1) is 0 Å². The number of aryl methyl sites for hydroxylation is 1. The number of methoxy groups -OCH3 is 2. The number of amides is 2. The second kappa shape index (κ2) is 8.82. The van der Waals surface area contributed by atoms with E-state index in [0.29, 0.717) is 24.5 Å². The first-order chi connectivity index (χ1) is 11.7. The molecule has 128 valence electrons. The smallest absolute Gasteiger partial charge is 0.319 e. The van der Waals surface area contributed by atoms with Crippen molar-refractivity contribution in [2.75, 3.05) is 26.1 Å². The van der Waals surface area contributed by atoms with Crippen molar-refractivity contribution in [3.63, 3.8) is 0 Å². The van der Waals surface area contributed by atoms with Gasteiger partial charge in [0.05, 0.1) is 14.2 Å². The lowest BCUT2D eigenvalue weighted by molar-refractivity contribution is 0.252. The molecule has 24 heavy (non-hydrogen) atoms. The first-order valence-electron chi connectivity index (χ1n) is 8.01. The molecule has 0 radical (unpaired) electrons. The molecule has 0 unspecified atom stereocenters. The van der Waals surface area contributed by atoms with Crippen LogP contribution in [0.2, 0.25) is 0 Å². The molecule has 2 N–H and O–H groups in total.